The lowest BCUT2D eigenvalue weighted by atomic mass is 10.1. The topological polar surface area (TPSA) is 101 Å². The van der Waals surface area contributed by atoms with E-state index in [-0.39, 0.29) is 17.4 Å². The van der Waals surface area contributed by atoms with Gasteiger partial charge in [0.05, 0.1) is 4.88 Å². The number of carbonyl (C=O) groups is 1. The van der Waals surface area contributed by atoms with E-state index in [1.54, 1.807) is 0 Å². The highest BCUT2D eigenvalue weighted by molar-refractivity contribution is 7.14. The Hall–Kier alpha value is -2.35. The average Bonchev–Trinajstić information content (AvgIpc) is 3.04. The van der Waals surface area contributed by atoms with Crippen molar-refractivity contribution in [1.82, 2.24) is 9.55 Å². The van der Waals surface area contributed by atoms with Crippen LogP contribution in [0, 0.1) is 12.8 Å². The summed E-state index contributed by atoms with van der Waals surface area (Å²) in [5.41, 5.74) is 6.23. The fraction of sp³-hybridized carbons (Fsp3) is 0.571. The number of nitrogen functional groups attached to an aromatic ring is 1. The van der Waals surface area contributed by atoms with Gasteiger partial charge in [0.2, 0.25) is 0 Å². The molecule has 2 aromatic rings. The summed E-state index contributed by atoms with van der Waals surface area (Å²) in [4.78, 5) is 43.9. The minimum atomic E-state index is -0.624. The minimum Gasteiger partial charge on any atom is -0.383 e. The van der Waals surface area contributed by atoms with Crippen LogP contribution in [0.15, 0.2) is 15.7 Å². The molecule has 0 aromatic carbocycles. The zero-order valence-corrected chi connectivity index (χ0v) is 18.8. The third kappa shape index (κ3) is 5.18. The molecule has 2 rings (SSSR count). The SMILES string of the molecule is CCCCn1c(N)c(N(CCC(C)C)C(=O)c2cc(C)c(CC)s2)c(=O)[nH]c1=O. The molecular weight excluding hydrogens is 388 g/mol. The summed E-state index contributed by atoms with van der Waals surface area (Å²) in [5.74, 6) is 0.137. The minimum absolute atomic E-state index is 0.0494. The van der Waals surface area contributed by atoms with Crippen molar-refractivity contribution in [2.45, 2.75) is 66.8 Å². The number of aromatic nitrogens is 2. The Kier molecular flexibility index (Phi) is 7.84. The molecule has 0 aliphatic heterocycles. The van der Waals surface area contributed by atoms with Gasteiger partial charge in [-0.05, 0) is 43.7 Å². The van der Waals surface area contributed by atoms with Crippen molar-refractivity contribution in [3.8, 4) is 0 Å². The molecule has 0 atom stereocenters. The van der Waals surface area contributed by atoms with Crippen LogP contribution in [0.25, 0.3) is 0 Å². The van der Waals surface area contributed by atoms with Crippen molar-refractivity contribution in [1.29, 1.82) is 0 Å². The normalized spacial score (nSPS) is 11.2. The van der Waals surface area contributed by atoms with Gasteiger partial charge in [-0.3, -0.25) is 24.0 Å². The number of anilines is 2. The molecule has 2 heterocycles. The van der Waals surface area contributed by atoms with Crippen LogP contribution in [0.2, 0.25) is 0 Å². The number of aryl methyl sites for hydroxylation is 2. The Balaban J connectivity index is 2.58. The highest BCUT2D eigenvalue weighted by Crippen LogP contribution is 2.27. The lowest BCUT2D eigenvalue weighted by Crippen LogP contribution is -2.41. The molecular formula is C21H32N4O3S. The smallest absolute Gasteiger partial charge is 0.330 e. The molecule has 160 valence electrons. The first-order valence-corrected chi connectivity index (χ1v) is 11.1. The zero-order chi connectivity index (χ0) is 21.7. The molecule has 0 bridgehead atoms. The van der Waals surface area contributed by atoms with Gasteiger partial charge >= 0.3 is 5.69 Å². The summed E-state index contributed by atoms with van der Waals surface area (Å²) in [5, 5.41) is 0. The van der Waals surface area contributed by atoms with E-state index in [9.17, 15) is 14.4 Å². The Morgan fingerprint density at radius 2 is 2.00 bits per heavy atom. The number of H-pyrrole nitrogens is 1. The number of nitrogens with zero attached hydrogens (tertiary/aromatic N) is 2. The van der Waals surface area contributed by atoms with Crippen molar-refractivity contribution >= 4 is 28.7 Å². The number of carbonyl (C=O) groups excluding carboxylic acids is 1. The predicted octanol–water partition coefficient (Wildman–Crippen LogP) is 3.54. The number of nitrogens with one attached hydrogen (secondary N) is 1. The molecule has 0 spiro atoms. The fourth-order valence-electron chi connectivity index (χ4n) is 3.19. The fourth-order valence-corrected chi connectivity index (χ4v) is 4.25. The van der Waals surface area contributed by atoms with Gasteiger partial charge in [0, 0.05) is 18.0 Å². The van der Waals surface area contributed by atoms with Crippen molar-refractivity contribution < 1.29 is 4.79 Å². The molecule has 0 saturated heterocycles. The van der Waals surface area contributed by atoms with Crippen LogP contribution in [0.5, 0.6) is 0 Å². The summed E-state index contributed by atoms with van der Waals surface area (Å²) in [6, 6.07) is 1.87. The number of unbranched alkanes of at least 4 members (excludes halogenated alkanes) is 1. The highest BCUT2D eigenvalue weighted by atomic mass is 32.1. The number of thiophene rings is 1. The average molecular weight is 421 g/mol. The van der Waals surface area contributed by atoms with E-state index in [1.807, 2.05) is 19.9 Å². The Morgan fingerprint density at radius 3 is 2.55 bits per heavy atom. The number of amides is 1. The van der Waals surface area contributed by atoms with Crippen molar-refractivity contribution in [3.05, 3.63) is 42.2 Å². The maximum atomic E-state index is 13.4. The van der Waals surface area contributed by atoms with Crippen LogP contribution >= 0.6 is 11.3 Å². The predicted molar refractivity (Wildman–Crippen MR) is 120 cm³/mol. The number of hydrogen-bond acceptors (Lipinski definition) is 5. The lowest BCUT2D eigenvalue weighted by Gasteiger charge is -2.25. The number of nitrogens with two attached hydrogens (primary N) is 1. The van der Waals surface area contributed by atoms with Crippen LogP contribution in [0.1, 0.15) is 67.1 Å². The summed E-state index contributed by atoms with van der Waals surface area (Å²) in [7, 11) is 0. The van der Waals surface area contributed by atoms with Gasteiger partial charge in [-0.15, -0.1) is 11.3 Å². The van der Waals surface area contributed by atoms with Gasteiger partial charge in [0.15, 0.2) is 5.69 Å². The Labute approximate surface area is 175 Å². The molecule has 0 aliphatic rings. The zero-order valence-electron chi connectivity index (χ0n) is 18.0. The van der Waals surface area contributed by atoms with Gasteiger partial charge in [0.1, 0.15) is 5.82 Å². The second-order valence-electron chi connectivity index (χ2n) is 7.71. The Morgan fingerprint density at radius 1 is 1.31 bits per heavy atom. The van der Waals surface area contributed by atoms with E-state index < -0.39 is 11.2 Å². The van der Waals surface area contributed by atoms with Gasteiger partial charge in [-0.25, -0.2) is 4.79 Å². The number of aromatic amines is 1. The summed E-state index contributed by atoms with van der Waals surface area (Å²) in [6.45, 7) is 10.9. The maximum absolute atomic E-state index is 13.4. The molecule has 0 saturated carbocycles. The molecule has 0 aliphatic carbocycles. The largest absolute Gasteiger partial charge is 0.383 e. The van der Waals surface area contributed by atoms with E-state index >= 15 is 0 Å². The Bertz CT molecular complexity index is 971. The van der Waals surface area contributed by atoms with Crippen LogP contribution in [0.4, 0.5) is 11.5 Å². The third-order valence-corrected chi connectivity index (χ3v) is 6.32. The molecule has 7 nitrogen and oxygen atoms in total. The molecule has 3 N–H and O–H groups in total. The molecule has 8 heteroatoms. The summed E-state index contributed by atoms with van der Waals surface area (Å²) in [6.07, 6.45) is 3.19. The van der Waals surface area contributed by atoms with E-state index in [1.165, 1.54) is 20.8 Å². The first-order chi connectivity index (χ1) is 13.7. The second kappa shape index (κ2) is 9.91. The summed E-state index contributed by atoms with van der Waals surface area (Å²) >= 11 is 1.45. The molecule has 0 unspecified atom stereocenters. The number of hydrogen-bond donors (Lipinski definition) is 2. The van der Waals surface area contributed by atoms with E-state index in [4.69, 9.17) is 5.73 Å². The van der Waals surface area contributed by atoms with Gasteiger partial charge in [0.25, 0.3) is 11.5 Å². The second-order valence-corrected chi connectivity index (χ2v) is 8.84. The molecule has 1 amide bonds. The van der Waals surface area contributed by atoms with Crippen molar-refractivity contribution in [3.63, 3.8) is 0 Å². The van der Waals surface area contributed by atoms with E-state index in [0.717, 1.165) is 29.7 Å². The molecule has 0 fully saturated rings. The van der Waals surface area contributed by atoms with Crippen LogP contribution in [0.3, 0.4) is 0 Å². The highest BCUT2D eigenvalue weighted by Gasteiger charge is 2.26. The monoisotopic (exact) mass is 420 g/mol. The van der Waals surface area contributed by atoms with E-state index in [0.29, 0.717) is 30.3 Å². The maximum Gasteiger partial charge on any atom is 0.330 e. The van der Waals surface area contributed by atoms with Gasteiger partial charge in [-0.2, -0.15) is 0 Å². The van der Waals surface area contributed by atoms with Crippen molar-refractivity contribution in [2.75, 3.05) is 17.2 Å². The van der Waals surface area contributed by atoms with E-state index in [2.05, 4.69) is 25.8 Å². The molecule has 29 heavy (non-hydrogen) atoms. The third-order valence-electron chi connectivity index (χ3n) is 4.95. The lowest BCUT2D eigenvalue weighted by molar-refractivity contribution is 0.0989. The van der Waals surface area contributed by atoms with Crippen molar-refractivity contribution in [2.24, 2.45) is 5.92 Å². The standard InChI is InChI=1S/C21H32N4O3S/c1-6-8-10-25-18(22)17(19(26)23-21(25)28)24(11-9-13(3)4)20(27)16-12-14(5)15(7-2)29-16/h12-13H,6-11,22H2,1-5H3,(H,23,26,28). The first kappa shape index (κ1) is 22.9. The van der Waals surface area contributed by atoms with Gasteiger partial charge < -0.3 is 5.73 Å². The summed E-state index contributed by atoms with van der Waals surface area (Å²) < 4.78 is 1.35. The number of rotatable bonds is 9. The molecule has 2 aromatic heterocycles. The quantitative estimate of drug-likeness (QED) is 0.648. The first-order valence-electron chi connectivity index (χ1n) is 10.2. The van der Waals surface area contributed by atoms with Crippen LogP contribution in [-0.2, 0) is 13.0 Å². The van der Waals surface area contributed by atoms with Gasteiger partial charge in [-0.1, -0.05) is 34.1 Å². The van der Waals surface area contributed by atoms with Crippen LogP contribution < -0.4 is 21.9 Å². The van der Waals surface area contributed by atoms with Crippen LogP contribution in [-0.4, -0.2) is 22.0 Å². The molecule has 0 radical (unpaired) electrons.